The third kappa shape index (κ3) is 2.12. The number of nitriles is 1. The Morgan fingerprint density at radius 3 is 2.56 bits per heavy atom. The molecule has 1 heterocycles. The highest BCUT2D eigenvalue weighted by atomic mass is 16.3. The minimum Gasteiger partial charge on any atom is -0.394 e. The number of hydrogen-bond donors (Lipinski definition) is 1. The lowest BCUT2D eigenvalue weighted by Gasteiger charge is -2.25. The fraction of sp³-hybridized carbons (Fsp3) is 0.545. The number of rotatable bonds is 3. The molecule has 0 saturated carbocycles. The van der Waals surface area contributed by atoms with E-state index < -0.39 is 0 Å². The van der Waals surface area contributed by atoms with E-state index in [1.165, 1.54) is 0 Å². The maximum absolute atomic E-state index is 9.12. The van der Waals surface area contributed by atoms with Crippen molar-refractivity contribution in [1.82, 2.24) is 10.2 Å². The molecule has 16 heavy (non-hydrogen) atoms. The first-order valence-corrected chi connectivity index (χ1v) is 5.10. The fourth-order valence-corrected chi connectivity index (χ4v) is 1.31. The van der Waals surface area contributed by atoms with Gasteiger partial charge in [-0.2, -0.15) is 10.4 Å². The summed E-state index contributed by atoms with van der Waals surface area (Å²) >= 11 is 0. The van der Waals surface area contributed by atoms with Gasteiger partial charge in [-0.3, -0.25) is 0 Å². The fourth-order valence-electron chi connectivity index (χ4n) is 1.31. The molecule has 5 heteroatoms. The second-order valence-electron chi connectivity index (χ2n) is 3.86. The van der Waals surface area contributed by atoms with Crippen molar-refractivity contribution in [3.63, 3.8) is 0 Å². The summed E-state index contributed by atoms with van der Waals surface area (Å²) in [4.78, 5) is 1.76. The second-order valence-corrected chi connectivity index (χ2v) is 3.86. The number of likely N-dealkylation sites (N-methyl/N-ethyl adjacent to an activating group) is 1. The molecule has 0 spiro atoms. The second kappa shape index (κ2) is 4.90. The number of aryl methyl sites for hydroxylation is 1. The average Bonchev–Trinajstić information content (AvgIpc) is 2.30. The lowest BCUT2D eigenvalue weighted by molar-refractivity contribution is 0.269. The number of aromatic nitrogens is 2. The zero-order valence-electron chi connectivity index (χ0n) is 10.0. The maximum Gasteiger partial charge on any atom is 0.169 e. The molecule has 0 aliphatic carbocycles. The van der Waals surface area contributed by atoms with Gasteiger partial charge in [0, 0.05) is 7.05 Å². The Hall–Kier alpha value is -1.67. The lowest BCUT2D eigenvalue weighted by atomic mass is 10.1. The highest BCUT2D eigenvalue weighted by Crippen LogP contribution is 2.21. The molecule has 0 aliphatic heterocycles. The zero-order valence-corrected chi connectivity index (χ0v) is 10.0. The van der Waals surface area contributed by atoms with Crippen LogP contribution in [0.15, 0.2) is 0 Å². The normalized spacial score (nSPS) is 12.0. The average molecular weight is 220 g/mol. The number of hydrogen-bond acceptors (Lipinski definition) is 5. The van der Waals surface area contributed by atoms with Gasteiger partial charge in [0.2, 0.25) is 0 Å². The molecule has 0 fully saturated rings. The van der Waals surface area contributed by atoms with E-state index in [-0.39, 0.29) is 12.6 Å². The van der Waals surface area contributed by atoms with Crippen molar-refractivity contribution in [2.24, 2.45) is 0 Å². The smallest absolute Gasteiger partial charge is 0.169 e. The first-order valence-electron chi connectivity index (χ1n) is 5.10. The van der Waals surface area contributed by atoms with Gasteiger partial charge in [0.15, 0.2) is 5.82 Å². The first kappa shape index (κ1) is 12.4. The molecule has 0 aromatic carbocycles. The summed E-state index contributed by atoms with van der Waals surface area (Å²) in [5.41, 5.74) is 2.12. The third-order valence-electron chi connectivity index (χ3n) is 2.81. The van der Waals surface area contributed by atoms with E-state index in [9.17, 15) is 0 Å². The zero-order chi connectivity index (χ0) is 12.3. The molecule has 0 amide bonds. The summed E-state index contributed by atoms with van der Waals surface area (Å²) in [7, 11) is 1.79. The predicted molar refractivity (Wildman–Crippen MR) is 61.2 cm³/mol. The molecular formula is C11H16N4O. The molecule has 1 rings (SSSR count). The van der Waals surface area contributed by atoms with E-state index in [1.807, 2.05) is 20.8 Å². The standard InChI is InChI=1S/C11H16N4O/c1-7(6-16)15(4)11-10(5-12)8(2)9(3)13-14-11/h7,16H,6H2,1-4H3. The van der Waals surface area contributed by atoms with Crippen molar-refractivity contribution in [2.45, 2.75) is 26.8 Å². The van der Waals surface area contributed by atoms with Gasteiger partial charge in [-0.05, 0) is 26.3 Å². The van der Waals surface area contributed by atoms with Crippen LogP contribution in [0.2, 0.25) is 0 Å². The van der Waals surface area contributed by atoms with Crippen molar-refractivity contribution in [1.29, 1.82) is 5.26 Å². The predicted octanol–water partition coefficient (Wildman–Crippen LogP) is 0.782. The molecule has 1 atom stereocenters. The SMILES string of the molecule is Cc1nnc(N(C)C(C)CO)c(C#N)c1C. The van der Waals surface area contributed by atoms with E-state index in [0.29, 0.717) is 11.4 Å². The van der Waals surface area contributed by atoms with E-state index >= 15 is 0 Å². The van der Waals surface area contributed by atoms with Crippen molar-refractivity contribution >= 4 is 5.82 Å². The summed E-state index contributed by atoms with van der Waals surface area (Å²) in [6.07, 6.45) is 0. The highest BCUT2D eigenvalue weighted by molar-refractivity contribution is 5.57. The topological polar surface area (TPSA) is 73.0 Å². The van der Waals surface area contributed by atoms with Crippen LogP contribution < -0.4 is 4.90 Å². The largest absolute Gasteiger partial charge is 0.394 e. The quantitative estimate of drug-likeness (QED) is 0.815. The summed E-state index contributed by atoms with van der Waals surface area (Å²) in [6.45, 7) is 5.54. The Morgan fingerprint density at radius 1 is 1.44 bits per heavy atom. The molecule has 0 bridgehead atoms. The van der Waals surface area contributed by atoms with Crippen LogP contribution >= 0.6 is 0 Å². The molecule has 1 unspecified atom stereocenters. The van der Waals surface area contributed by atoms with Gasteiger partial charge >= 0.3 is 0 Å². The molecule has 0 saturated heterocycles. The molecule has 0 aliphatic rings. The van der Waals surface area contributed by atoms with Crippen LogP contribution in [0.3, 0.4) is 0 Å². The Balaban J connectivity index is 3.25. The monoisotopic (exact) mass is 220 g/mol. The third-order valence-corrected chi connectivity index (χ3v) is 2.81. The Kier molecular flexibility index (Phi) is 3.80. The van der Waals surface area contributed by atoms with Crippen LogP contribution in [0.5, 0.6) is 0 Å². The molecular weight excluding hydrogens is 204 g/mol. The van der Waals surface area contributed by atoms with Gasteiger partial charge in [0.05, 0.1) is 18.3 Å². The molecule has 1 N–H and O–H groups in total. The van der Waals surface area contributed by atoms with Gasteiger partial charge < -0.3 is 10.0 Å². The summed E-state index contributed by atoms with van der Waals surface area (Å²) in [5, 5.41) is 26.2. The van der Waals surface area contributed by atoms with Crippen molar-refractivity contribution in [3.05, 3.63) is 16.8 Å². The van der Waals surface area contributed by atoms with Crippen LogP contribution in [0.25, 0.3) is 0 Å². The number of nitrogens with zero attached hydrogens (tertiary/aromatic N) is 4. The number of anilines is 1. The van der Waals surface area contributed by atoms with Crippen LogP contribution in [0.4, 0.5) is 5.82 Å². The van der Waals surface area contributed by atoms with Gasteiger partial charge in [-0.25, -0.2) is 0 Å². The van der Waals surface area contributed by atoms with Crippen molar-refractivity contribution in [3.8, 4) is 6.07 Å². The van der Waals surface area contributed by atoms with Crippen LogP contribution in [0.1, 0.15) is 23.7 Å². The Morgan fingerprint density at radius 2 is 2.06 bits per heavy atom. The van der Waals surface area contributed by atoms with E-state index in [1.54, 1.807) is 11.9 Å². The van der Waals surface area contributed by atoms with Crippen molar-refractivity contribution in [2.75, 3.05) is 18.6 Å². The molecule has 0 radical (unpaired) electrons. The Labute approximate surface area is 95.3 Å². The number of aliphatic hydroxyl groups is 1. The molecule has 86 valence electrons. The first-order chi connectivity index (χ1) is 7.52. The lowest BCUT2D eigenvalue weighted by Crippen LogP contribution is -2.33. The van der Waals surface area contributed by atoms with Crippen LogP contribution in [-0.4, -0.2) is 35.0 Å². The van der Waals surface area contributed by atoms with E-state index in [0.717, 1.165) is 11.3 Å². The Bertz CT molecular complexity index is 425. The van der Waals surface area contributed by atoms with E-state index in [2.05, 4.69) is 16.3 Å². The summed E-state index contributed by atoms with van der Waals surface area (Å²) < 4.78 is 0. The van der Waals surface area contributed by atoms with Gasteiger partial charge in [0.1, 0.15) is 11.6 Å². The summed E-state index contributed by atoms with van der Waals surface area (Å²) in [5.74, 6) is 0.521. The van der Waals surface area contributed by atoms with Gasteiger partial charge in [-0.15, -0.1) is 5.10 Å². The minimum atomic E-state index is -0.0940. The van der Waals surface area contributed by atoms with Crippen LogP contribution in [-0.2, 0) is 0 Å². The van der Waals surface area contributed by atoms with Crippen molar-refractivity contribution < 1.29 is 5.11 Å². The summed E-state index contributed by atoms with van der Waals surface area (Å²) in [6, 6.07) is 2.04. The van der Waals surface area contributed by atoms with Gasteiger partial charge in [0.25, 0.3) is 0 Å². The molecule has 1 aromatic heterocycles. The number of aliphatic hydroxyl groups excluding tert-OH is 1. The van der Waals surface area contributed by atoms with Crippen LogP contribution in [0, 0.1) is 25.2 Å². The highest BCUT2D eigenvalue weighted by Gasteiger charge is 2.17. The maximum atomic E-state index is 9.12. The molecule has 1 aromatic rings. The van der Waals surface area contributed by atoms with Gasteiger partial charge in [-0.1, -0.05) is 0 Å². The minimum absolute atomic E-state index is 0.00989. The molecule has 5 nitrogen and oxygen atoms in total. The van der Waals surface area contributed by atoms with E-state index in [4.69, 9.17) is 10.4 Å².